The number of fused-ring (bicyclic) bond motifs is 4. The third kappa shape index (κ3) is 3.69. The predicted molar refractivity (Wildman–Crippen MR) is 113 cm³/mol. The fourth-order valence-electron chi connectivity index (χ4n) is 4.96. The lowest BCUT2D eigenvalue weighted by Gasteiger charge is -2.51. The maximum absolute atomic E-state index is 6.52. The number of piperidine rings is 3. The van der Waals surface area contributed by atoms with Gasteiger partial charge < -0.3 is 18.3 Å². The van der Waals surface area contributed by atoms with E-state index in [-0.39, 0.29) is 12.1 Å². The molecule has 1 aromatic heterocycles. The zero-order valence-electron chi connectivity index (χ0n) is 16.7. The maximum Gasteiger partial charge on any atom is 0.333 e. The Morgan fingerprint density at radius 2 is 2.17 bits per heavy atom. The molecule has 4 aliphatic rings. The number of methoxy groups -OCH3 is 1. The topological polar surface area (TPSA) is 53.1 Å². The van der Waals surface area contributed by atoms with Gasteiger partial charge in [0.25, 0.3) is 0 Å². The van der Waals surface area contributed by atoms with Gasteiger partial charge in [0, 0.05) is 24.2 Å². The van der Waals surface area contributed by atoms with Crippen LogP contribution in [0.2, 0.25) is 0 Å². The lowest BCUT2D eigenvalue weighted by atomic mass is 9.73. The molecule has 4 saturated heterocycles. The fraction of sp³-hybridized carbons (Fsp3) is 0.500. The number of aromatic nitrogens is 1. The number of hydrogen-bond acceptors (Lipinski definition) is 6. The summed E-state index contributed by atoms with van der Waals surface area (Å²) in [6.07, 6.45) is 6.19. The van der Waals surface area contributed by atoms with Gasteiger partial charge in [-0.25, -0.2) is 0 Å². The Morgan fingerprint density at radius 3 is 2.90 bits per heavy atom. The van der Waals surface area contributed by atoms with E-state index in [1.54, 1.807) is 7.11 Å². The van der Waals surface area contributed by atoms with Crippen molar-refractivity contribution in [3.63, 3.8) is 0 Å². The van der Waals surface area contributed by atoms with E-state index in [9.17, 15) is 0 Å². The molecule has 0 aliphatic carbocycles. The van der Waals surface area contributed by atoms with E-state index in [0.29, 0.717) is 25.0 Å². The van der Waals surface area contributed by atoms with Gasteiger partial charge in [-0.15, -0.1) is 6.58 Å². The van der Waals surface area contributed by atoms with Crippen molar-refractivity contribution in [2.75, 3.05) is 33.4 Å². The molecule has 6 rings (SSSR count). The minimum Gasteiger partial charge on any atom is -0.497 e. The van der Waals surface area contributed by atoms with Crippen molar-refractivity contribution in [1.29, 1.82) is 0 Å². The molecule has 7 heteroatoms. The van der Waals surface area contributed by atoms with Crippen molar-refractivity contribution in [2.45, 2.75) is 25.0 Å². The smallest absolute Gasteiger partial charge is 0.333 e. The molecule has 5 atom stereocenters. The molecule has 2 bridgehead atoms. The fourth-order valence-corrected chi connectivity index (χ4v) is 6.05. The predicted octanol–water partition coefficient (Wildman–Crippen LogP) is 4.47. The molecule has 6 nitrogen and oxygen atoms in total. The van der Waals surface area contributed by atoms with Gasteiger partial charge in [0.15, 0.2) is 0 Å². The summed E-state index contributed by atoms with van der Waals surface area (Å²) < 4.78 is 23.4. The highest BCUT2D eigenvalue weighted by atomic mass is 31.2. The molecule has 4 aliphatic heterocycles. The molecule has 4 fully saturated rings. The van der Waals surface area contributed by atoms with Crippen LogP contribution in [0.3, 0.4) is 0 Å². The highest BCUT2D eigenvalue weighted by molar-refractivity contribution is 7.41. The number of pyridine rings is 1. The Bertz CT molecular complexity index is 888. The van der Waals surface area contributed by atoms with Crippen LogP contribution in [-0.4, -0.2) is 49.3 Å². The number of benzene rings is 1. The minimum atomic E-state index is -1.32. The van der Waals surface area contributed by atoms with Crippen LogP contribution in [0.1, 0.15) is 24.5 Å². The normalized spacial score (nSPS) is 30.5. The molecule has 154 valence electrons. The van der Waals surface area contributed by atoms with Crippen LogP contribution in [0.4, 0.5) is 0 Å². The van der Waals surface area contributed by atoms with Crippen molar-refractivity contribution in [2.24, 2.45) is 11.8 Å². The van der Waals surface area contributed by atoms with E-state index in [1.165, 1.54) is 6.42 Å². The average Bonchev–Trinajstić information content (AvgIpc) is 3.30. The third-order valence-electron chi connectivity index (χ3n) is 6.47. The van der Waals surface area contributed by atoms with Gasteiger partial charge >= 0.3 is 8.60 Å². The van der Waals surface area contributed by atoms with E-state index in [1.807, 2.05) is 18.3 Å². The maximum atomic E-state index is 6.52. The van der Waals surface area contributed by atoms with Gasteiger partial charge in [-0.3, -0.25) is 9.88 Å². The van der Waals surface area contributed by atoms with E-state index in [4.69, 9.17) is 18.3 Å². The van der Waals surface area contributed by atoms with Crippen molar-refractivity contribution >= 4 is 19.5 Å². The quantitative estimate of drug-likeness (QED) is 0.514. The molecule has 29 heavy (non-hydrogen) atoms. The van der Waals surface area contributed by atoms with Gasteiger partial charge in [0.05, 0.1) is 25.8 Å². The standard InChI is InChI=1S/C22H27N2O4P/c1-3-15-14-24-9-7-16(15)12-21(24)22(28-29-26-10-11-27-29)18-6-8-23-20-5-4-17(25-2)13-19(18)20/h3-6,8,13,15-16,21-22H,1,7,9-12,14H2,2H3/t15?,16-,21?,22?/m1/s1. The molecule has 0 amide bonds. The zero-order chi connectivity index (χ0) is 19.8. The van der Waals surface area contributed by atoms with Crippen LogP contribution in [0.15, 0.2) is 43.1 Å². The van der Waals surface area contributed by atoms with Crippen LogP contribution >= 0.6 is 8.60 Å². The van der Waals surface area contributed by atoms with Crippen molar-refractivity contribution in [1.82, 2.24) is 9.88 Å². The molecular weight excluding hydrogens is 387 g/mol. The van der Waals surface area contributed by atoms with Gasteiger partial charge in [-0.05, 0) is 61.1 Å². The lowest BCUT2D eigenvalue weighted by molar-refractivity contribution is -0.0385. The van der Waals surface area contributed by atoms with Crippen LogP contribution < -0.4 is 4.74 Å². The van der Waals surface area contributed by atoms with Crippen LogP contribution in [-0.2, 0) is 13.6 Å². The minimum absolute atomic E-state index is 0.134. The molecule has 4 unspecified atom stereocenters. The van der Waals surface area contributed by atoms with Gasteiger partial charge in [-0.2, -0.15) is 0 Å². The molecule has 0 spiro atoms. The first-order valence-corrected chi connectivity index (χ1v) is 11.4. The Morgan fingerprint density at radius 1 is 1.31 bits per heavy atom. The van der Waals surface area contributed by atoms with Gasteiger partial charge in [-0.1, -0.05) is 6.08 Å². The zero-order valence-corrected chi connectivity index (χ0v) is 17.6. The first-order chi connectivity index (χ1) is 14.3. The summed E-state index contributed by atoms with van der Waals surface area (Å²) in [5.41, 5.74) is 2.07. The number of nitrogens with zero attached hydrogens (tertiary/aromatic N) is 2. The summed E-state index contributed by atoms with van der Waals surface area (Å²) >= 11 is 0. The summed E-state index contributed by atoms with van der Waals surface area (Å²) in [5.74, 6) is 2.05. The van der Waals surface area contributed by atoms with Crippen LogP contribution in [0, 0.1) is 11.8 Å². The first kappa shape index (κ1) is 19.4. The number of ether oxygens (including phenoxy) is 1. The molecule has 0 N–H and O–H groups in total. The van der Waals surface area contributed by atoms with Crippen molar-refractivity contribution < 1.29 is 18.3 Å². The SMILES string of the molecule is C=CC1CN2CC[C@@H]1CC2C(OP1OCCO1)c1ccnc2ccc(OC)cc12. The Kier molecular flexibility index (Phi) is 5.55. The summed E-state index contributed by atoms with van der Waals surface area (Å²) in [7, 11) is 0.368. The van der Waals surface area contributed by atoms with Gasteiger partial charge in [0.1, 0.15) is 11.9 Å². The largest absolute Gasteiger partial charge is 0.497 e. The van der Waals surface area contributed by atoms with E-state index in [0.717, 1.165) is 41.7 Å². The molecule has 0 saturated carbocycles. The Balaban J connectivity index is 1.54. The lowest BCUT2D eigenvalue weighted by Crippen LogP contribution is -2.55. The molecule has 1 aromatic carbocycles. The number of hydrogen-bond donors (Lipinski definition) is 0. The summed E-state index contributed by atoms with van der Waals surface area (Å²) in [5, 5.41) is 1.06. The molecule has 0 radical (unpaired) electrons. The second-order valence-electron chi connectivity index (χ2n) is 7.95. The summed E-state index contributed by atoms with van der Waals surface area (Å²) in [6, 6.07) is 8.37. The highest BCUT2D eigenvalue weighted by Crippen LogP contribution is 2.52. The average molecular weight is 414 g/mol. The second-order valence-corrected chi connectivity index (χ2v) is 9.12. The monoisotopic (exact) mass is 414 g/mol. The Hall–Kier alpha value is -1.56. The van der Waals surface area contributed by atoms with Gasteiger partial charge in [0.2, 0.25) is 0 Å². The second kappa shape index (κ2) is 8.29. The van der Waals surface area contributed by atoms with E-state index in [2.05, 4.69) is 34.7 Å². The Labute approximate surface area is 172 Å². The van der Waals surface area contributed by atoms with E-state index >= 15 is 0 Å². The van der Waals surface area contributed by atoms with Crippen LogP contribution in [0.5, 0.6) is 5.75 Å². The van der Waals surface area contributed by atoms with Crippen molar-refractivity contribution in [3.05, 3.63) is 48.7 Å². The van der Waals surface area contributed by atoms with Crippen molar-refractivity contribution in [3.8, 4) is 5.75 Å². The summed E-state index contributed by atoms with van der Waals surface area (Å²) in [6.45, 7) is 7.40. The highest BCUT2D eigenvalue weighted by Gasteiger charge is 2.44. The molecular formula is C22H27N2O4P. The number of rotatable bonds is 6. The van der Waals surface area contributed by atoms with E-state index < -0.39 is 8.60 Å². The molecule has 5 heterocycles. The third-order valence-corrected chi connectivity index (χ3v) is 7.65. The molecule has 2 aromatic rings. The van der Waals surface area contributed by atoms with Crippen LogP contribution in [0.25, 0.3) is 10.9 Å². The first-order valence-electron chi connectivity index (χ1n) is 10.3. The summed E-state index contributed by atoms with van der Waals surface area (Å²) in [4.78, 5) is 7.12.